The first-order valence-corrected chi connectivity index (χ1v) is 18.3. The molecule has 0 saturated carbocycles. The van der Waals surface area contributed by atoms with E-state index in [1.54, 1.807) is 0 Å². The number of nitrogens with zero attached hydrogens (tertiary/aromatic N) is 3. The van der Waals surface area contributed by atoms with E-state index < -0.39 is 16.6 Å². The molecule has 6 aromatic rings. The number of benzene rings is 4. The van der Waals surface area contributed by atoms with Gasteiger partial charge in [0.05, 0.1) is 23.6 Å². The predicted octanol–water partition coefficient (Wildman–Crippen LogP) is 7.89. The smallest absolute Gasteiger partial charge is 0.352 e. The van der Waals surface area contributed by atoms with Gasteiger partial charge in [-0.15, -0.1) is 0 Å². The fraction of sp³-hybridized carbons (Fsp3) is 0.263. The molecule has 254 valence electrons. The van der Waals surface area contributed by atoms with Gasteiger partial charge in [-0.05, 0) is 61.0 Å². The van der Waals surface area contributed by atoms with Gasteiger partial charge in [0.15, 0.2) is 0 Å². The summed E-state index contributed by atoms with van der Waals surface area (Å²) in [4.78, 5) is 17.9. The molecule has 0 bridgehead atoms. The van der Waals surface area contributed by atoms with Crippen molar-refractivity contribution in [1.82, 2.24) is 14.8 Å². The first-order chi connectivity index (χ1) is 23.7. The number of aromatic carboxylic acids is 1. The minimum absolute atomic E-state index is 0.186. The molecule has 4 N–H and O–H groups in total. The van der Waals surface area contributed by atoms with Crippen LogP contribution in [0.25, 0.3) is 32.8 Å². The Labute approximate surface area is 286 Å². The lowest BCUT2D eigenvalue weighted by molar-refractivity contribution is 0.0690. The number of fused-ring (bicyclic) bond motifs is 2. The van der Waals surface area contributed by atoms with E-state index in [0.717, 1.165) is 61.2 Å². The predicted molar refractivity (Wildman–Crippen MR) is 196 cm³/mol. The number of aromatic amines is 1. The highest BCUT2D eigenvalue weighted by Crippen LogP contribution is 2.41. The third kappa shape index (κ3) is 6.69. The van der Waals surface area contributed by atoms with E-state index in [9.17, 15) is 19.0 Å². The van der Waals surface area contributed by atoms with Gasteiger partial charge in [0.2, 0.25) is 0 Å². The first-order valence-electron chi connectivity index (χ1n) is 16.4. The molecule has 4 aromatic carbocycles. The number of carbonyl (C=O) groups is 1. The van der Waals surface area contributed by atoms with Crippen molar-refractivity contribution in [3.63, 3.8) is 0 Å². The van der Waals surface area contributed by atoms with Gasteiger partial charge in [0, 0.05) is 53.4 Å². The van der Waals surface area contributed by atoms with E-state index in [1.165, 1.54) is 0 Å². The number of hydrogen-bond donors (Lipinski definition) is 4. The Balaban J connectivity index is 1.10. The number of ether oxygens (including phenoxy) is 2. The van der Waals surface area contributed by atoms with Crippen LogP contribution in [0.5, 0.6) is 11.5 Å². The molecule has 0 radical (unpaired) electrons. The Hall–Kier alpha value is -4.97. The summed E-state index contributed by atoms with van der Waals surface area (Å²) < 4.78 is 34.1. The van der Waals surface area contributed by atoms with Crippen LogP contribution in [0.2, 0.25) is 0 Å². The van der Waals surface area contributed by atoms with Gasteiger partial charge in [-0.1, -0.05) is 54.6 Å². The molecule has 0 unspecified atom stereocenters. The standard InChI is InChI=1S/C38H40N4O6S/c1-25-35(33(40-41(25)2)24-48-28-17-15-27(16-18-28)42-19-22-49(45,46)23-20-42)32-12-6-11-30-31(37(38(43)44)39-36(30)32)13-7-21-47-34-14-5-9-26-8-3-4-10-29(26)34/h3-6,8-12,14-18,39,45-46H,7,13,19-24H2,1-2H3,(H,43,44). The van der Waals surface area contributed by atoms with Crippen LogP contribution in [-0.4, -0.2) is 66.1 Å². The number of nitrogens with one attached hydrogen (secondary N) is 1. The lowest BCUT2D eigenvalue weighted by Crippen LogP contribution is -2.38. The van der Waals surface area contributed by atoms with E-state index in [-0.39, 0.29) is 12.3 Å². The quantitative estimate of drug-likeness (QED) is 0.102. The van der Waals surface area contributed by atoms with Crippen LogP contribution in [0.15, 0.2) is 84.9 Å². The number of aryl methyl sites for hydroxylation is 2. The van der Waals surface area contributed by atoms with Crippen LogP contribution >= 0.6 is 10.6 Å². The van der Waals surface area contributed by atoms with E-state index in [1.807, 2.05) is 91.4 Å². The van der Waals surface area contributed by atoms with Crippen LogP contribution in [0, 0.1) is 6.92 Å². The summed E-state index contributed by atoms with van der Waals surface area (Å²) >= 11 is 0. The summed E-state index contributed by atoms with van der Waals surface area (Å²) in [5.41, 5.74) is 6.16. The molecule has 49 heavy (non-hydrogen) atoms. The van der Waals surface area contributed by atoms with Gasteiger partial charge in [0.1, 0.15) is 29.5 Å². The Kier molecular flexibility index (Phi) is 8.98. The molecule has 3 heterocycles. The fourth-order valence-corrected chi connectivity index (χ4v) is 7.92. The maximum atomic E-state index is 12.5. The van der Waals surface area contributed by atoms with Crippen molar-refractivity contribution in [2.45, 2.75) is 26.4 Å². The fourth-order valence-electron chi connectivity index (χ4n) is 6.69. The molecule has 11 heteroatoms. The van der Waals surface area contributed by atoms with Crippen molar-refractivity contribution in [3.8, 4) is 22.6 Å². The second-order valence-electron chi connectivity index (χ2n) is 12.5. The Morgan fingerprint density at radius 3 is 2.41 bits per heavy atom. The molecular weight excluding hydrogens is 641 g/mol. The van der Waals surface area contributed by atoms with E-state index >= 15 is 0 Å². The topological polar surface area (TPSA) is 133 Å². The molecule has 2 aromatic heterocycles. The van der Waals surface area contributed by atoms with Gasteiger partial charge in [-0.2, -0.15) is 15.7 Å². The highest BCUT2D eigenvalue weighted by molar-refractivity contribution is 8.24. The molecule has 0 amide bonds. The Morgan fingerprint density at radius 2 is 1.63 bits per heavy atom. The van der Waals surface area contributed by atoms with Crippen molar-refractivity contribution >= 4 is 43.9 Å². The van der Waals surface area contributed by atoms with Crippen LogP contribution in [0.1, 0.15) is 33.9 Å². The lowest BCUT2D eigenvalue weighted by Gasteiger charge is -2.41. The summed E-state index contributed by atoms with van der Waals surface area (Å²) in [5, 5.41) is 18.0. The Bertz CT molecular complexity index is 2120. The lowest BCUT2D eigenvalue weighted by atomic mass is 9.98. The highest BCUT2D eigenvalue weighted by atomic mass is 32.3. The SMILES string of the molecule is Cc1c(-c2cccc3c(CCCOc4cccc5ccccc45)c(C(=O)O)[nH]c23)c(COc2ccc(N3CCS(O)(O)CC3)cc2)nn1C. The number of anilines is 1. The second kappa shape index (κ2) is 13.5. The Morgan fingerprint density at radius 1 is 0.918 bits per heavy atom. The number of para-hydroxylation sites is 1. The zero-order valence-corrected chi connectivity index (χ0v) is 28.4. The molecule has 0 atom stereocenters. The van der Waals surface area contributed by atoms with Crippen LogP contribution in [0.3, 0.4) is 0 Å². The van der Waals surface area contributed by atoms with Gasteiger partial charge < -0.3 is 24.5 Å². The van der Waals surface area contributed by atoms with E-state index in [0.29, 0.717) is 49.8 Å². The van der Waals surface area contributed by atoms with Crippen molar-refractivity contribution in [2.75, 3.05) is 36.1 Å². The van der Waals surface area contributed by atoms with Crippen LogP contribution < -0.4 is 14.4 Å². The maximum absolute atomic E-state index is 12.5. The van der Waals surface area contributed by atoms with Crippen molar-refractivity contribution in [2.24, 2.45) is 7.05 Å². The summed E-state index contributed by atoms with van der Waals surface area (Å²) in [5.74, 6) is 1.28. The number of carboxylic acid groups (broad SMARTS) is 1. The summed E-state index contributed by atoms with van der Waals surface area (Å²) in [6, 6.07) is 27.8. The van der Waals surface area contributed by atoms with Gasteiger partial charge in [0.25, 0.3) is 0 Å². The third-order valence-corrected chi connectivity index (χ3v) is 11.0. The molecule has 0 aliphatic carbocycles. The van der Waals surface area contributed by atoms with Gasteiger partial charge in [-0.25, -0.2) is 4.79 Å². The third-order valence-electron chi connectivity index (χ3n) is 9.36. The number of carboxylic acids is 1. The van der Waals surface area contributed by atoms with E-state index in [2.05, 4.69) is 22.0 Å². The minimum Gasteiger partial charge on any atom is -0.493 e. The zero-order valence-electron chi connectivity index (χ0n) is 27.6. The number of H-pyrrole nitrogens is 1. The number of aromatic nitrogens is 3. The molecule has 1 saturated heterocycles. The monoisotopic (exact) mass is 680 g/mol. The molecule has 0 spiro atoms. The normalized spacial score (nSPS) is 15.1. The van der Waals surface area contributed by atoms with Gasteiger partial charge >= 0.3 is 5.97 Å². The minimum atomic E-state index is -2.45. The first kappa shape index (κ1) is 32.6. The maximum Gasteiger partial charge on any atom is 0.352 e. The molecule has 1 fully saturated rings. The van der Waals surface area contributed by atoms with Crippen molar-refractivity contribution < 1.29 is 28.5 Å². The zero-order chi connectivity index (χ0) is 34.1. The molecule has 7 rings (SSSR count). The summed E-state index contributed by atoms with van der Waals surface area (Å²) in [6.07, 6.45) is 1.18. The molecule has 1 aliphatic rings. The van der Waals surface area contributed by atoms with Crippen LogP contribution in [0.4, 0.5) is 5.69 Å². The molecule has 1 aliphatic heterocycles. The van der Waals surface area contributed by atoms with Gasteiger partial charge in [-0.3, -0.25) is 13.8 Å². The molecule has 10 nitrogen and oxygen atoms in total. The largest absolute Gasteiger partial charge is 0.493 e. The van der Waals surface area contributed by atoms with Crippen molar-refractivity contribution in [3.05, 3.63) is 108 Å². The number of hydrogen-bond acceptors (Lipinski definition) is 7. The van der Waals surface area contributed by atoms with Crippen molar-refractivity contribution in [1.29, 1.82) is 0 Å². The summed E-state index contributed by atoms with van der Waals surface area (Å²) in [7, 11) is -0.559. The second-order valence-corrected chi connectivity index (χ2v) is 14.9. The highest BCUT2D eigenvalue weighted by Gasteiger charge is 2.24. The van der Waals surface area contributed by atoms with Crippen LogP contribution in [-0.2, 0) is 20.1 Å². The summed E-state index contributed by atoms with van der Waals surface area (Å²) in [6.45, 7) is 3.89. The van der Waals surface area contributed by atoms with E-state index in [4.69, 9.17) is 14.6 Å². The average molecular weight is 681 g/mol. The molecular formula is C38H40N4O6S. The number of rotatable bonds is 11. The average Bonchev–Trinajstić information content (AvgIpc) is 3.62.